The molecule has 8 aromatic rings. The van der Waals surface area contributed by atoms with E-state index in [1.165, 1.54) is 76.0 Å². The average Bonchev–Trinajstić information content (AvgIpc) is 4.00. The fourth-order valence-corrected chi connectivity index (χ4v) is 6.45. The molecule has 12 nitrogen and oxygen atoms in total. The van der Waals surface area contributed by atoms with Crippen molar-refractivity contribution in [3.05, 3.63) is 167 Å². The van der Waals surface area contributed by atoms with Crippen molar-refractivity contribution in [2.45, 2.75) is 25.1 Å². The number of rotatable bonds is 8. The van der Waals surface area contributed by atoms with E-state index in [0.717, 1.165) is 68.9 Å². The van der Waals surface area contributed by atoms with E-state index in [-0.39, 0.29) is 57.3 Å². The molecular formula is C45H33F14N11O. The molecule has 0 saturated carbocycles. The molecule has 0 unspecified atom stereocenters. The van der Waals surface area contributed by atoms with Crippen molar-refractivity contribution in [2.75, 3.05) is 16.4 Å². The Morgan fingerprint density at radius 1 is 0.521 bits per heavy atom. The van der Waals surface area contributed by atoms with Gasteiger partial charge < -0.3 is 16.4 Å². The number of halogens is 14. The number of aryl methyl sites for hydroxylation is 3. The molecule has 8 rings (SSSR count). The highest BCUT2D eigenvalue weighted by atomic mass is 19.4. The number of carbonyl (C=O) groups is 1. The van der Waals surface area contributed by atoms with Crippen molar-refractivity contribution in [3.63, 3.8) is 0 Å². The molecule has 372 valence electrons. The summed E-state index contributed by atoms with van der Waals surface area (Å²) in [6, 6.07) is 16.1. The SMILES string of the molecule is Cn1nc(C(F)(F)F)cc1-c1ccc(N)cc1F.Cn1nc(C(F)(F)F)cc1-c1ccc(NC(=O)c2ccncc2F)cc1F.Cn1nc(C(F)(F)F)cc1-c1ccc(NCc2ccncc2F)cc1F. The second-order valence-electron chi connectivity index (χ2n) is 14.9. The molecular weight excluding hydrogens is 977 g/mol. The highest BCUT2D eigenvalue weighted by Gasteiger charge is 2.37. The lowest BCUT2D eigenvalue weighted by Gasteiger charge is -2.09. The van der Waals surface area contributed by atoms with Crippen LogP contribution in [-0.4, -0.2) is 45.2 Å². The van der Waals surface area contributed by atoms with Crippen LogP contribution in [-0.2, 0) is 46.2 Å². The number of alkyl halides is 9. The molecule has 0 aliphatic heterocycles. The summed E-state index contributed by atoms with van der Waals surface area (Å²) in [6.45, 7) is 0.108. The first kappa shape index (κ1) is 52.1. The van der Waals surface area contributed by atoms with Gasteiger partial charge in [0, 0.05) is 79.4 Å². The van der Waals surface area contributed by atoms with Crippen LogP contribution in [0.3, 0.4) is 0 Å². The summed E-state index contributed by atoms with van der Waals surface area (Å²) in [6.07, 6.45) is -9.23. The van der Waals surface area contributed by atoms with Gasteiger partial charge in [0.2, 0.25) is 0 Å². The Bertz CT molecular complexity index is 3190. The zero-order chi connectivity index (χ0) is 52.2. The number of amides is 1. The summed E-state index contributed by atoms with van der Waals surface area (Å²) in [7, 11) is 3.88. The van der Waals surface area contributed by atoms with Crippen molar-refractivity contribution in [2.24, 2.45) is 21.1 Å². The van der Waals surface area contributed by atoms with Crippen molar-refractivity contribution >= 4 is 23.0 Å². The highest BCUT2D eigenvalue weighted by molar-refractivity contribution is 6.04. The number of nitrogens with two attached hydrogens (primary N) is 1. The zero-order valence-electron chi connectivity index (χ0n) is 36.5. The molecule has 0 bridgehead atoms. The van der Waals surface area contributed by atoms with Gasteiger partial charge in [-0.3, -0.25) is 28.8 Å². The minimum absolute atomic E-state index is 0.00144. The third-order valence-corrected chi connectivity index (χ3v) is 9.88. The molecule has 5 heterocycles. The summed E-state index contributed by atoms with van der Waals surface area (Å²) in [5.74, 6) is -4.44. The van der Waals surface area contributed by atoms with Gasteiger partial charge in [0.25, 0.3) is 5.91 Å². The number of aromatic nitrogens is 8. The maximum absolute atomic E-state index is 14.4. The van der Waals surface area contributed by atoms with Gasteiger partial charge in [-0.2, -0.15) is 54.8 Å². The van der Waals surface area contributed by atoms with E-state index in [1.807, 2.05) is 0 Å². The molecule has 0 aliphatic rings. The summed E-state index contributed by atoms with van der Waals surface area (Å²) in [5.41, 5.74) is 2.55. The Hall–Kier alpha value is -8.32. The summed E-state index contributed by atoms with van der Waals surface area (Å²) < 4.78 is 186. The number of nitrogen functional groups attached to an aromatic ring is 1. The van der Waals surface area contributed by atoms with E-state index in [0.29, 0.717) is 11.3 Å². The van der Waals surface area contributed by atoms with Gasteiger partial charge in [0.1, 0.15) is 23.3 Å². The molecule has 0 atom stereocenters. The molecule has 26 heteroatoms. The third kappa shape index (κ3) is 12.7. The standard InChI is InChI=1S/C17H11F5N4O.C17H13F5N4.C11H9F4N3/c1-26-14(7-15(25-26)17(20,21)22)10-3-2-9(6-12(10)18)24-16(27)11-4-5-23-8-13(11)19;1-26-15(7-16(25-26)17(20,21)22)12-3-2-11(6-13(12)18)24-8-10-4-5-23-9-14(10)19;1-18-9(5-10(17-18)11(13,14)15)7-3-2-6(16)4-8(7)12/h2-8H,1H3,(H,24,27);2-7,9,24H,8H2,1H3;2-5H,16H2,1H3. The normalized spacial score (nSPS) is 11.6. The van der Waals surface area contributed by atoms with Crippen LogP contribution < -0.4 is 16.4 Å². The van der Waals surface area contributed by atoms with Crippen LogP contribution in [0.5, 0.6) is 0 Å². The summed E-state index contributed by atoms with van der Waals surface area (Å²) in [4.78, 5) is 19.2. The summed E-state index contributed by atoms with van der Waals surface area (Å²) in [5, 5.41) is 15.2. The second kappa shape index (κ2) is 20.7. The largest absolute Gasteiger partial charge is 0.435 e. The maximum Gasteiger partial charge on any atom is 0.435 e. The van der Waals surface area contributed by atoms with Crippen LogP contribution >= 0.6 is 0 Å². The van der Waals surface area contributed by atoms with Crippen LogP contribution in [0.25, 0.3) is 33.8 Å². The number of nitrogens with zero attached hydrogens (tertiary/aromatic N) is 8. The van der Waals surface area contributed by atoms with Gasteiger partial charge in [0.15, 0.2) is 22.9 Å². The monoisotopic (exact) mass is 1010 g/mol. The fourth-order valence-electron chi connectivity index (χ4n) is 6.45. The van der Waals surface area contributed by atoms with Gasteiger partial charge in [-0.1, -0.05) is 0 Å². The predicted octanol–water partition coefficient (Wildman–Crippen LogP) is 11.2. The quantitative estimate of drug-likeness (QED) is 0.101. The predicted molar refractivity (Wildman–Crippen MR) is 229 cm³/mol. The van der Waals surface area contributed by atoms with Gasteiger partial charge in [-0.05, 0) is 84.9 Å². The summed E-state index contributed by atoms with van der Waals surface area (Å²) >= 11 is 0. The molecule has 0 spiro atoms. The molecule has 0 aliphatic carbocycles. The Morgan fingerprint density at radius 2 is 0.930 bits per heavy atom. The van der Waals surface area contributed by atoms with Crippen molar-refractivity contribution in [1.82, 2.24) is 39.3 Å². The number of hydrogen-bond acceptors (Lipinski definition) is 8. The van der Waals surface area contributed by atoms with E-state index in [2.05, 4.69) is 35.9 Å². The van der Waals surface area contributed by atoms with Crippen LogP contribution in [0.1, 0.15) is 33.0 Å². The number of hydrogen-bond donors (Lipinski definition) is 3. The number of pyridine rings is 2. The molecule has 0 saturated heterocycles. The van der Waals surface area contributed by atoms with Crippen LogP contribution in [0.15, 0.2) is 110 Å². The van der Waals surface area contributed by atoms with Gasteiger partial charge >= 0.3 is 18.5 Å². The second-order valence-corrected chi connectivity index (χ2v) is 14.9. The van der Waals surface area contributed by atoms with Crippen molar-refractivity contribution in [1.29, 1.82) is 0 Å². The van der Waals surface area contributed by atoms with E-state index < -0.39 is 70.6 Å². The molecule has 4 N–H and O–H groups in total. The van der Waals surface area contributed by atoms with E-state index in [1.54, 1.807) is 0 Å². The van der Waals surface area contributed by atoms with E-state index in [9.17, 15) is 66.3 Å². The smallest absolute Gasteiger partial charge is 0.399 e. The van der Waals surface area contributed by atoms with E-state index in [4.69, 9.17) is 5.73 Å². The van der Waals surface area contributed by atoms with E-state index >= 15 is 0 Å². The van der Waals surface area contributed by atoms with Crippen molar-refractivity contribution in [3.8, 4) is 33.8 Å². The third-order valence-electron chi connectivity index (χ3n) is 9.88. The van der Waals surface area contributed by atoms with Crippen LogP contribution in [0.2, 0.25) is 0 Å². The van der Waals surface area contributed by atoms with Gasteiger partial charge in [0.05, 0.1) is 35.0 Å². The molecule has 0 radical (unpaired) electrons. The Morgan fingerprint density at radius 3 is 1.34 bits per heavy atom. The lowest BCUT2D eigenvalue weighted by Crippen LogP contribution is -2.14. The molecule has 3 aromatic carbocycles. The molecule has 5 aromatic heterocycles. The maximum atomic E-state index is 14.4. The lowest BCUT2D eigenvalue weighted by atomic mass is 10.1. The first-order valence-electron chi connectivity index (χ1n) is 19.9. The van der Waals surface area contributed by atoms with Crippen molar-refractivity contribution < 1.29 is 66.3 Å². The Kier molecular flexibility index (Phi) is 15.2. The van der Waals surface area contributed by atoms with Crippen LogP contribution in [0.4, 0.5) is 78.5 Å². The Balaban J connectivity index is 0.000000178. The lowest BCUT2D eigenvalue weighted by molar-refractivity contribution is -0.142. The molecule has 0 fully saturated rings. The zero-order valence-corrected chi connectivity index (χ0v) is 36.5. The highest BCUT2D eigenvalue weighted by Crippen LogP contribution is 2.36. The van der Waals surface area contributed by atoms with Crippen LogP contribution in [0, 0.1) is 29.1 Å². The number of anilines is 3. The number of benzene rings is 3. The van der Waals surface area contributed by atoms with Gasteiger partial charge in [-0.25, -0.2) is 22.0 Å². The number of carbonyl (C=O) groups excluding carboxylic acids is 1. The molecule has 1 amide bonds. The average molecular weight is 1010 g/mol. The minimum Gasteiger partial charge on any atom is -0.399 e. The van der Waals surface area contributed by atoms with Gasteiger partial charge in [-0.15, -0.1) is 0 Å². The topological polar surface area (TPSA) is 146 Å². The first-order valence-corrected chi connectivity index (χ1v) is 19.9. The first-order chi connectivity index (χ1) is 33.2. The fraction of sp³-hybridized carbons (Fsp3) is 0.156. The number of nitrogens with one attached hydrogen (secondary N) is 2. The minimum atomic E-state index is -4.66. The molecule has 71 heavy (non-hydrogen) atoms. The Labute approximate surface area is 391 Å².